The fourth-order valence-electron chi connectivity index (χ4n) is 2.80. The third kappa shape index (κ3) is 4.96. The topological polar surface area (TPSA) is 255 Å². The van der Waals surface area contributed by atoms with Gasteiger partial charge in [-0.25, -0.2) is 24.3 Å². The number of carbonyl (C=O) groups is 2. The molecule has 1 aliphatic rings. The molecule has 0 spiro atoms. The lowest BCUT2D eigenvalue weighted by atomic mass is 10.1. The van der Waals surface area contributed by atoms with Gasteiger partial charge < -0.3 is 36.0 Å². The van der Waals surface area contributed by atoms with Gasteiger partial charge in [0.05, 0.1) is 19.4 Å². The number of rotatable bonds is 8. The summed E-state index contributed by atoms with van der Waals surface area (Å²) >= 11 is 0. The van der Waals surface area contributed by atoms with E-state index in [1.807, 2.05) is 0 Å². The Kier molecular flexibility index (Phi) is 6.51. The molecule has 0 saturated carbocycles. The van der Waals surface area contributed by atoms with E-state index in [-0.39, 0.29) is 17.0 Å². The van der Waals surface area contributed by atoms with Gasteiger partial charge in [0.2, 0.25) is 0 Å². The van der Waals surface area contributed by atoms with Crippen LogP contribution in [0.3, 0.4) is 0 Å². The fourth-order valence-corrected chi connectivity index (χ4v) is 3.55. The second-order valence-corrected chi connectivity index (χ2v) is 7.89. The van der Waals surface area contributed by atoms with Crippen molar-refractivity contribution < 1.29 is 48.2 Å². The molecule has 17 heteroatoms. The molecule has 3 heterocycles. The van der Waals surface area contributed by atoms with Crippen LogP contribution < -0.4 is 11.5 Å². The highest BCUT2D eigenvalue weighted by Crippen LogP contribution is 2.45. The van der Waals surface area contributed by atoms with Gasteiger partial charge in [0.25, 0.3) is 0 Å². The van der Waals surface area contributed by atoms with Crippen LogP contribution in [-0.4, -0.2) is 82.6 Å². The van der Waals surface area contributed by atoms with Crippen molar-refractivity contribution in [3.05, 3.63) is 12.7 Å². The highest BCUT2D eigenvalue weighted by molar-refractivity contribution is 7.48. The standard InChI is InChI=1S/C14H19N6O10P/c15-5(1-7(21)22)14(25)30-31(26,27)28-2-6-9(23)10(24)13(29-6)20-4-19-8-11(16)17-3-18-12(8)20/h3-6,9-10,13,23-24H,1-2,15H2,(H,21,22)(H,26,27)(H2,16,17,18)/t5-,6-,9-,10+,13+/m0/s1. The summed E-state index contributed by atoms with van der Waals surface area (Å²) in [5, 5.41) is 29.1. The van der Waals surface area contributed by atoms with Crippen LogP contribution in [0.4, 0.5) is 5.82 Å². The number of fused-ring (bicyclic) bond motifs is 1. The van der Waals surface area contributed by atoms with E-state index in [0.29, 0.717) is 0 Å². The molecule has 3 rings (SSSR count). The number of aliphatic hydroxyl groups excluding tert-OH is 2. The first-order chi connectivity index (χ1) is 14.5. The number of hydrogen-bond donors (Lipinski definition) is 6. The summed E-state index contributed by atoms with van der Waals surface area (Å²) in [5.74, 6) is -2.80. The van der Waals surface area contributed by atoms with Gasteiger partial charge in [-0.3, -0.25) is 18.8 Å². The van der Waals surface area contributed by atoms with Crippen LogP contribution >= 0.6 is 7.82 Å². The van der Waals surface area contributed by atoms with Crippen LogP contribution in [0.1, 0.15) is 12.6 Å². The molecule has 2 aromatic heterocycles. The number of aliphatic carboxylic acids is 1. The van der Waals surface area contributed by atoms with Crippen molar-refractivity contribution in [3.8, 4) is 0 Å². The fraction of sp³-hybridized carbons (Fsp3) is 0.500. The lowest BCUT2D eigenvalue weighted by Crippen LogP contribution is -2.35. The minimum Gasteiger partial charge on any atom is -0.481 e. The summed E-state index contributed by atoms with van der Waals surface area (Å²) in [4.78, 5) is 43.6. The average Bonchev–Trinajstić information content (AvgIpc) is 3.22. The van der Waals surface area contributed by atoms with Gasteiger partial charge in [-0.15, -0.1) is 0 Å². The molecule has 1 saturated heterocycles. The number of carboxylic acid groups (broad SMARTS) is 1. The van der Waals surface area contributed by atoms with E-state index in [1.54, 1.807) is 0 Å². The van der Waals surface area contributed by atoms with E-state index in [4.69, 9.17) is 21.3 Å². The third-order valence-corrected chi connectivity index (χ3v) is 5.19. The molecule has 31 heavy (non-hydrogen) atoms. The number of carboxylic acids is 1. The molecule has 2 aromatic rings. The molecule has 0 aromatic carbocycles. The van der Waals surface area contributed by atoms with E-state index < -0.39 is 63.4 Å². The summed E-state index contributed by atoms with van der Waals surface area (Å²) in [6.45, 7) is -0.770. The first-order valence-electron chi connectivity index (χ1n) is 8.63. The third-order valence-electron chi connectivity index (χ3n) is 4.30. The van der Waals surface area contributed by atoms with Crippen molar-refractivity contribution >= 4 is 36.7 Å². The smallest absolute Gasteiger partial charge is 0.481 e. The van der Waals surface area contributed by atoms with Gasteiger partial charge in [0, 0.05) is 0 Å². The minimum atomic E-state index is -5.02. The van der Waals surface area contributed by atoms with E-state index in [2.05, 4.69) is 24.0 Å². The number of ether oxygens (including phenoxy) is 1. The van der Waals surface area contributed by atoms with Crippen molar-refractivity contribution in [1.82, 2.24) is 19.5 Å². The molecule has 1 aliphatic heterocycles. The van der Waals surface area contributed by atoms with Gasteiger partial charge in [-0.05, 0) is 0 Å². The molecule has 0 amide bonds. The molecule has 16 nitrogen and oxygen atoms in total. The average molecular weight is 462 g/mol. The molecule has 1 fully saturated rings. The zero-order valence-corrected chi connectivity index (χ0v) is 16.5. The number of aliphatic hydroxyl groups is 2. The molecule has 8 N–H and O–H groups in total. The number of anilines is 1. The number of imidazole rings is 1. The SMILES string of the molecule is Nc1ncnc2c1ncn2[C@@H]1O[C@@H](COP(=O)(O)OC(=O)[C@@H](N)CC(=O)O)[C@H](O)[C@H]1O. The van der Waals surface area contributed by atoms with Crippen LogP contribution in [0.25, 0.3) is 11.2 Å². The number of phosphoric ester groups is 1. The van der Waals surface area contributed by atoms with E-state index in [0.717, 1.165) is 0 Å². The number of nitrogen functional groups attached to an aromatic ring is 1. The first kappa shape index (κ1) is 23.0. The quantitative estimate of drug-likeness (QED) is 0.221. The Bertz CT molecular complexity index is 1030. The zero-order valence-electron chi connectivity index (χ0n) is 15.6. The summed E-state index contributed by atoms with van der Waals surface area (Å²) in [5.41, 5.74) is 11.4. The number of hydrogen-bond acceptors (Lipinski definition) is 13. The Morgan fingerprint density at radius 1 is 1.29 bits per heavy atom. The Morgan fingerprint density at radius 3 is 2.68 bits per heavy atom. The maximum Gasteiger partial charge on any atom is 0.529 e. The second-order valence-electron chi connectivity index (χ2n) is 6.51. The summed E-state index contributed by atoms with van der Waals surface area (Å²) in [7, 11) is -5.02. The molecule has 170 valence electrons. The highest BCUT2D eigenvalue weighted by Gasteiger charge is 2.45. The molecule has 6 atom stereocenters. The van der Waals surface area contributed by atoms with Crippen molar-refractivity contribution in [1.29, 1.82) is 0 Å². The van der Waals surface area contributed by atoms with Crippen LogP contribution in [0.15, 0.2) is 12.7 Å². The summed E-state index contributed by atoms with van der Waals surface area (Å²) < 4.78 is 27.5. The van der Waals surface area contributed by atoms with E-state index >= 15 is 0 Å². The summed E-state index contributed by atoms with van der Waals surface area (Å²) in [6.07, 6.45) is -4.00. The Labute approximate surface area is 173 Å². The van der Waals surface area contributed by atoms with E-state index in [1.165, 1.54) is 17.2 Å². The number of nitrogens with zero attached hydrogens (tertiary/aromatic N) is 4. The maximum absolute atomic E-state index is 11.9. The van der Waals surface area contributed by atoms with Gasteiger partial charge >= 0.3 is 19.8 Å². The summed E-state index contributed by atoms with van der Waals surface area (Å²) in [6, 6.07) is -1.69. The predicted molar refractivity (Wildman–Crippen MR) is 97.8 cm³/mol. The van der Waals surface area contributed by atoms with Crippen molar-refractivity contribution in [2.45, 2.75) is 37.0 Å². The number of nitrogens with two attached hydrogens (primary N) is 2. The van der Waals surface area contributed by atoms with Crippen molar-refractivity contribution in [2.75, 3.05) is 12.3 Å². The van der Waals surface area contributed by atoms with Crippen LogP contribution in [-0.2, 0) is 27.9 Å². The Hall–Kier alpha value is -2.72. The lowest BCUT2D eigenvalue weighted by molar-refractivity contribution is -0.144. The largest absolute Gasteiger partial charge is 0.529 e. The van der Waals surface area contributed by atoms with Crippen molar-refractivity contribution in [3.63, 3.8) is 0 Å². The second kappa shape index (κ2) is 8.80. The lowest BCUT2D eigenvalue weighted by Gasteiger charge is -2.18. The van der Waals surface area contributed by atoms with Gasteiger partial charge in [-0.1, -0.05) is 0 Å². The zero-order chi connectivity index (χ0) is 22.9. The number of aromatic nitrogens is 4. The Balaban J connectivity index is 1.65. The highest BCUT2D eigenvalue weighted by atomic mass is 31.2. The van der Waals surface area contributed by atoms with Crippen molar-refractivity contribution in [2.24, 2.45) is 5.73 Å². The van der Waals surface area contributed by atoms with Crippen LogP contribution in [0.2, 0.25) is 0 Å². The number of carbonyl (C=O) groups excluding carboxylic acids is 1. The van der Waals surface area contributed by atoms with E-state index in [9.17, 15) is 29.3 Å². The molecule has 0 radical (unpaired) electrons. The molecular formula is C14H19N6O10P. The normalized spacial score (nSPS) is 26.5. The molecule has 0 bridgehead atoms. The van der Waals surface area contributed by atoms with Crippen LogP contribution in [0.5, 0.6) is 0 Å². The Morgan fingerprint density at radius 2 is 2.00 bits per heavy atom. The van der Waals surface area contributed by atoms with Gasteiger partial charge in [0.15, 0.2) is 17.7 Å². The number of phosphoric acid groups is 1. The molecule has 0 aliphatic carbocycles. The monoisotopic (exact) mass is 462 g/mol. The predicted octanol–water partition coefficient (Wildman–Crippen LogP) is -2.51. The maximum atomic E-state index is 11.9. The minimum absolute atomic E-state index is 0.0841. The van der Waals surface area contributed by atoms with Gasteiger partial charge in [0.1, 0.15) is 36.2 Å². The van der Waals surface area contributed by atoms with Crippen LogP contribution in [0, 0.1) is 0 Å². The molecule has 1 unspecified atom stereocenters. The molecular weight excluding hydrogens is 443 g/mol. The van der Waals surface area contributed by atoms with Gasteiger partial charge in [-0.2, -0.15) is 0 Å². The first-order valence-corrected chi connectivity index (χ1v) is 10.1.